The van der Waals surface area contributed by atoms with Gasteiger partial charge in [-0.2, -0.15) is 0 Å². The number of hydrogen-bond acceptors (Lipinski definition) is 11. The number of likely N-dealkylation sites (N-methyl/N-ethyl adjacent to an activating group) is 6. The van der Waals surface area contributed by atoms with Gasteiger partial charge in [0.1, 0.15) is 48.3 Å². The van der Waals surface area contributed by atoms with Crippen molar-refractivity contribution in [2.24, 2.45) is 41.4 Å². The van der Waals surface area contributed by atoms with Crippen molar-refractivity contribution in [3.63, 3.8) is 0 Å². The second-order valence-electron chi connectivity index (χ2n) is 21.9. The molecule has 0 radical (unpaired) electrons. The number of methoxy groups -OCH3 is 1. The highest BCUT2D eigenvalue weighted by atomic mass is 16.5. The van der Waals surface area contributed by atoms with Gasteiger partial charge in [0.15, 0.2) is 0 Å². The highest BCUT2D eigenvalue weighted by Gasteiger charge is 2.47. The Morgan fingerprint density at radius 2 is 0.787 bits per heavy atom. The molecule has 20 nitrogen and oxygen atoms in total. The lowest BCUT2D eigenvalue weighted by atomic mass is 9.90. The normalized spacial score (nSPS) is 16.7. The molecule has 0 bridgehead atoms. The predicted molar refractivity (Wildman–Crippen MR) is 289 cm³/mol. The SMILES string of the molecule is CC[C@H](C)[C@H](NC(=O)[C@@H](CCC(=O)OC)NC(C)=O)C(=O)N(C)[C@H](C(=O)N(C)[C@H](C(=O)N(C)[C@H](C(=O)N(C)[C@H](C(=O)N(C)[C@H](C(=O)N(C)[C@@H](CC(C)C)C(=O)O)[C@@H](C)CC)[C@@H](C)CC)C(C)C)[C@@H](C)CC)[C@@H](C)CC. The topological polar surface area (TPSA) is 244 Å². The van der Waals surface area contributed by atoms with Crippen LogP contribution in [0.1, 0.15) is 155 Å². The lowest BCUT2D eigenvalue weighted by Gasteiger charge is -2.44. The highest BCUT2D eigenvalue weighted by molar-refractivity contribution is 5.98. The molecule has 0 spiro atoms. The van der Waals surface area contributed by atoms with Crippen molar-refractivity contribution in [2.75, 3.05) is 49.4 Å². The highest BCUT2D eigenvalue weighted by Crippen LogP contribution is 2.28. The molecule has 0 aliphatic carbocycles. The molecule has 75 heavy (non-hydrogen) atoms. The van der Waals surface area contributed by atoms with Crippen LogP contribution in [0.3, 0.4) is 0 Å². The standard InChI is InChI=1S/C55H100N8O12/c1-23-33(10)42(57-48(66)39(56-38(15)64)28-29-41(65)75-22)49(67)60(18)45(35(12)25-3)53(71)63(21)46(36(13)26-4)52(70)59(17)43(32(8)9)50(68)61(19)47(37(14)27-5)54(72)62(20)44(34(11)24-2)51(69)58(16)40(55(73)74)30-31(6)7/h31-37,39-40,42-47H,23-30H2,1-22H3,(H,56,64)(H,57,66)(H,73,74)/t33-,34-,35-,36-,37-,39+,40-,42-,43-,44-,45-,46-,47-/m0/s1. The lowest BCUT2D eigenvalue weighted by Crippen LogP contribution is -2.64. The predicted octanol–water partition coefficient (Wildman–Crippen LogP) is 4.91. The van der Waals surface area contributed by atoms with Crippen LogP contribution in [0.15, 0.2) is 0 Å². The van der Waals surface area contributed by atoms with Crippen LogP contribution in [0.5, 0.6) is 0 Å². The monoisotopic (exact) mass is 1060 g/mol. The molecule has 0 aromatic carbocycles. The van der Waals surface area contributed by atoms with Gasteiger partial charge >= 0.3 is 11.9 Å². The Hall–Kier alpha value is -5.30. The molecule has 0 heterocycles. The summed E-state index contributed by atoms with van der Waals surface area (Å²) in [5, 5.41) is 15.5. The maximum absolute atomic E-state index is 15.2. The van der Waals surface area contributed by atoms with E-state index >= 15 is 14.4 Å². The quantitative estimate of drug-likeness (QED) is 0.0762. The first-order valence-electron chi connectivity index (χ1n) is 27.2. The Morgan fingerprint density at radius 1 is 0.467 bits per heavy atom. The Bertz CT molecular complexity index is 1930. The van der Waals surface area contributed by atoms with Crippen LogP contribution in [-0.2, 0) is 52.7 Å². The number of rotatable bonds is 32. The summed E-state index contributed by atoms with van der Waals surface area (Å²) in [5.74, 6) is -8.85. The molecule has 0 aliphatic heterocycles. The molecule has 0 aromatic heterocycles. The molecule has 432 valence electrons. The van der Waals surface area contributed by atoms with E-state index in [2.05, 4.69) is 10.6 Å². The van der Waals surface area contributed by atoms with Crippen molar-refractivity contribution in [2.45, 2.75) is 204 Å². The van der Waals surface area contributed by atoms with Crippen molar-refractivity contribution in [3.05, 3.63) is 0 Å². The summed E-state index contributed by atoms with van der Waals surface area (Å²) < 4.78 is 4.72. The molecule has 0 aliphatic rings. The summed E-state index contributed by atoms with van der Waals surface area (Å²) in [4.78, 5) is 147. The Balaban J connectivity index is 7.36. The van der Waals surface area contributed by atoms with E-state index in [9.17, 15) is 38.7 Å². The lowest BCUT2D eigenvalue weighted by molar-refractivity contribution is -0.160. The fraction of sp³-hybridized carbons (Fsp3) is 0.818. The fourth-order valence-electron chi connectivity index (χ4n) is 9.74. The Morgan fingerprint density at radius 3 is 1.08 bits per heavy atom. The van der Waals surface area contributed by atoms with E-state index in [4.69, 9.17) is 4.74 Å². The first-order valence-corrected chi connectivity index (χ1v) is 27.2. The number of nitrogens with one attached hydrogen (secondary N) is 2. The van der Waals surface area contributed by atoms with Gasteiger partial charge in [0, 0.05) is 55.6 Å². The largest absolute Gasteiger partial charge is 0.480 e. The number of amides is 8. The van der Waals surface area contributed by atoms with E-state index in [-0.39, 0.29) is 31.1 Å². The summed E-state index contributed by atoms with van der Waals surface area (Å²) in [6.45, 7) is 27.0. The molecule has 0 rings (SSSR count). The molecule has 20 heteroatoms. The zero-order chi connectivity index (χ0) is 58.7. The minimum absolute atomic E-state index is 0.0299. The number of carboxylic acid groups (broad SMARTS) is 1. The number of nitrogens with zero attached hydrogens (tertiary/aromatic N) is 6. The smallest absolute Gasteiger partial charge is 0.326 e. The number of ether oxygens (including phenoxy) is 1. The summed E-state index contributed by atoms with van der Waals surface area (Å²) in [5.41, 5.74) is 0. The Labute approximate surface area is 450 Å². The van der Waals surface area contributed by atoms with Gasteiger partial charge in [-0.05, 0) is 54.3 Å². The number of carbonyl (C=O) groups is 10. The molecule has 0 saturated carbocycles. The molecule has 0 saturated heterocycles. The van der Waals surface area contributed by atoms with Crippen molar-refractivity contribution >= 4 is 59.2 Å². The maximum Gasteiger partial charge on any atom is 0.326 e. The number of carbonyl (C=O) groups excluding carboxylic acids is 9. The van der Waals surface area contributed by atoms with E-state index < -0.39 is 137 Å². The molecular weight excluding hydrogens is 965 g/mol. The zero-order valence-electron chi connectivity index (χ0n) is 49.9. The fourth-order valence-corrected chi connectivity index (χ4v) is 9.74. The van der Waals surface area contributed by atoms with Crippen LogP contribution in [0.4, 0.5) is 0 Å². The minimum Gasteiger partial charge on any atom is -0.480 e. The zero-order valence-corrected chi connectivity index (χ0v) is 49.9. The molecule has 0 unspecified atom stereocenters. The van der Waals surface area contributed by atoms with Crippen molar-refractivity contribution in [1.29, 1.82) is 0 Å². The number of esters is 1. The van der Waals surface area contributed by atoms with Crippen molar-refractivity contribution < 1.29 is 57.8 Å². The van der Waals surface area contributed by atoms with Gasteiger partial charge in [0.25, 0.3) is 0 Å². The molecule has 0 aromatic rings. The number of carboxylic acids is 1. The van der Waals surface area contributed by atoms with Gasteiger partial charge in [-0.1, -0.05) is 129 Å². The third-order valence-corrected chi connectivity index (χ3v) is 15.6. The van der Waals surface area contributed by atoms with Crippen LogP contribution in [0, 0.1) is 41.4 Å². The number of hydrogen-bond donors (Lipinski definition) is 3. The summed E-state index contributed by atoms with van der Waals surface area (Å²) >= 11 is 0. The van der Waals surface area contributed by atoms with Gasteiger partial charge in [-0.3, -0.25) is 43.2 Å². The van der Waals surface area contributed by atoms with E-state index in [1.807, 2.05) is 76.2 Å². The van der Waals surface area contributed by atoms with Crippen molar-refractivity contribution in [3.8, 4) is 0 Å². The van der Waals surface area contributed by atoms with Gasteiger partial charge in [0.05, 0.1) is 7.11 Å². The minimum atomic E-state index is -1.16. The second kappa shape index (κ2) is 32.3. The van der Waals surface area contributed by atoms with E-state index in [1.165, 1.54) is 85.7 Å². The third-order valence-electron chi connectivity index (χ3n) is 15.6. The molecular formula is C55H100N8O12. The van der Waals surface area contributed by atoms with E-state index in [1.54, 1.807) is 20.8 Å². The average Bonchev–Trinajstić information content (AvgIpc) is 3.36. The summed E-state index contributed by atoms with van der Waals surface area (Å²) in [7, 11) is 10.2. The molecule has 3 N–H and O–H groups in total. The molecule has 0 fully saturated rings. The molecule has 8 amide bonds. The number of aliphatic carboxylic acids is 1. The van der Waals surface area contributed by atoms with Crippen molar-refractivity contribution in [1.82, 2.24) is 40.0 Å². The van der Waals surface area contributed by atoms with Crippen LogP contribution in [0.25, 0.3) is 0 Å². The van der Waals surface area contributed by atoms with Gasteiger partial charge in [0.2, 0.25) is 47.3 Å². The average molecular weight is 1070 g/mol. The molecule has 13 atom stereocenters. The van der Waals surface area contributed by atoms with E-state index in [0.29, 0.717) is 32.1 Å². The van der Waals surface area contributed by atoms with E-state index in [0.717, 1.165) is 0 Å². The van der Waals surface area contributed by atoms with Crippen LogP contribution < -0.4 is 10.6 Å². The summed E-state index contributed by atoms with van der Waals surface area (Å²) in [6.07, 6.45) is 2.27. The van der Waals surface area contributed by atoms with Crippen LogP contribution in [-0.4, -0.2) is 191 Å². The van der Waals surface area contributed by atoms with Gasteiger partial charge in [-0.25, -0.2) is 4.79 Å². The second-order valence-corrected chi connectivity index (χ2v) is 21.9. The van der Waals surface area contributed by atoms with Crippen LogP contribution in [0.2, 0.25) is 0 Å². The first-order chi connectivity index (χ1) is 34.7. The maximum atomic E-state index is 15.2. The first kappa shape index (κ1) is 69.7. The Kier molecular flexibility index (Phi) is 30.0. The van der Waals surface area contributed by atoms with Gasteiger partial charge in [-0.15, -0.1) is 0 Å². The van der Waals surface area contributed by atoms with Crippen LogP contribution >= 0.6 is 0 Å². The van der Waals surface area contributed by atoms with Gasteiger partial charge < -0.3 is 49.9 Å². The summed E-state index contributed by atoms with van der Waals surface area (Å²) in [6, 6.07) is -8.93. The third kappa shape index (κ3) is 18.7.